The van der Waals surface area contributed by atoms with Crippen LogP contribution in [-0.2, 0) is 9.53 Å². The zero-order chi connectivity index (χ0) is 13.1. The molecule has 0 fully saturated rings. The lowest BCUT2D eigenvalue weighted by Gasteiger charge is -2.10. The minimum atomic E-state index is -4.75. The molecule has 0 N–H and O–H groups in total. The topological polar surface area (TPSA) is 35.5 Å². The summed E-state index contributed by atoms with van der Waals surface area (Å²) in [4.78, 5) is 11.1. The number of rotatable bonds is 3. The number of halogens is 4. The molecule has 0 aliphatic heterocycles. The summed E-state index contributed by atoms with van der Waals surface area (Å²) in [7, 11) is 1.17. The molecule has 3 nitrogen and oxygen atoms in total. The van der Waals surface area contributed by atoms with E-state index in [1.54, 1.807) is 0 Å². The van der Waals surface area contributed by atoms with Gasteiger partial charge in [-0.15, -0.1) is 24.8 Å². The normalized spacial score (nSPS) is 13.0. The fraction of sp³-hybridized carbons (Fsp3) is 0.300. The number of alkyl halides is 4. The summed E-state index contributed by atoms with van der Waals surface area (Å²) in [6.07, 6.45) is -4.75. The summed E-state index contributed by atoms with van der Waals surface area (Å²) in [6, 6.07) is 4.66. The van der Waals surface area contributed by atoms with Crippen molar-refractivity contribution in [3.05, 3.63) is 29.8 Å². The molecule has 0 saturated heterocycles. The zero-order valence-corrected chi connectivity index (χ0v) is 9.38. The summed E-state index contributed by atoms with van der Waals surface area (Å²) in [6.45, 7) is 0. The van der Waals surface area contributed by atoms with E-state index in [0.717, 1.165) is 12.1 Å². The van der Waals surface area contributed by atoms with Gasteiger partial charge < -0.3 is 9.47 Å². The predicted octanol–water partition coefficient (Wildman–Crippen LogP) is 3.04. The van der Waals surface area contributed by atoms with E-state index in [-0.39, 0.29) is 5.75 Å². The van der Waals surface area contributed by atoms with Gasteiger partial charge in [0.15, 0.2) is 5.38 Å². The van der Waals surface area contributed by atoms with Crippen molar-refractivity contribution >= 4 is 17.6 Å². The number of carbonyl (C=O) groups is 1. The highest BCUT2D eigenvalue weighted by Crippen LogP contribution is 2.27. The average Bonchev–Trinajstić information content (AvgIpc) is 2.26. The average molecular weight is 269 g/mol. The molecule has 0 aliphatic carbocycles. The molecule has 1 rings (SSSR count). The molecule has 7 heteroatoms. The van der Waals surface area contributed by atoms with Crippen LogP contribution in [0, 0.1) is 0 Å². The van der Waals surface area contributed by atoms with Crippen LogP contribution in [-0.4, -0.2) is 19.4 Å². The summed E-state index contributed by atoms with van der Waals surface area (Å²) < 4.78 is 43.6. The Balaban J connectivity index is 2.78. The number of carbonyl (C=O) groups excluding carboxylic acids is 1. The smallest absolute Gasteiger partial charge is 0.468 e. The number of esters is 1. The van der Waals surface area contributed by atoms with Crippen molar-refractivity contribution in [2.24, 2.45) is 0 Å². The first-order valence-electron chi connectivity index (χ1n) is 4.41. The van der Waals surface area contributed by atoms with Crippen LogP contribution in [0.15, 0.2) is 24.3 Å². The molecule has 0 saturated carbocycles. The highest BCUT2D eigenvalue weighted by Gasteiger charge is 2.31. The molecular formula is C10H8ClF3O3. The second-order valence-electron chi connectivity index (χ2n) is 3.00. The van der Waals surface area contributed by atoms with Crippen LogP contribution in [0.25, 0.3) is 0 Å². The summed E-state index contributed by atoms with van der Waals surface area (Å²) >= 11 is 5.70. The lowest BCUT2D eigenvalue weighted by atomic mass is 10.1. The van der Waals surface area contributed by atoms with Crippen LogP contribution in [0.1, 0.15) is 10.9 Å². The van der Waals surface area contributed by atoms with E-state index < -0.39 is 17.7 Å². The fourth-order valence-electron chi connectivity index (χ4n) is 1.08. The summed E-state index contributed by atoms with van der Waals surface area (Å²) in [5, 5.41) is -1.06. The molecule has 94 valence electrons. The monoisotopic (exact) mass is 268 g/mol. The highest BCUT2D eigenvalue weighted by atomic mass is 35.5. The maximum absolute atomic E-state index is 11.9. The molecule has 1 unspecified atom stereocenters. The van der Waals surface area contributed by atoms with Crippen molar-refractivity contribution in [1.82, 2.24) is 0 Å². The first-order valence-corrected chi connectivity index (χ1v) is 4.85. The van der Waals surface area contributed by atoms with Gasteiger partial charge in [0.25, 0.3) is 0 Å². The highest BCUT2D eigenvalue weighted by molar-refractivity contribution is 6.29. The van der Waals surface area contributed by atoms with Crippen molar-refractivity contribution in [2.45, 2.75) is 11.7 Å². The van der Waals surface area contributed by atoms with Gasteiger partial charge >= 0.3 is 12.3 Å². The SMILES string of the molecule is COC(=O)C(Cl)c1ccc(OC(F)(F)F)cc1. The minimum Gasteiger partial charge on any atom is -0.468 e. The number of methoxy groups -OCH3 is 1. The molecule has 1 atom stereocenters. The Labute approximate surface area is 100 Å². The van der Waals surface area contributed by atoms with E-state index in [0.29, 0.717) is 5.56 Å². The van der Waals surface area contributed by atoms with Crippen molar-refractivity contribution in [3.8, 4) is 5.75 Å². The molecule has 0 spiro atoms. The number of benzene rings is 1. The van der Waals surface area contributed by atoms with Gasteiger partial charge in [0.1, 0.15) is 5.75 Å². The van der Waals surface area contributed by atoms with E-state index in [9.17, 15) is 18.0 Å². The molecule has 0 aliphatic rings. The Morgan fingerprint density at radius 3 is 2.24 bits per heavy atom. The lowest BCUT2D eigenvalue weighted by Crippen LogP contribution is -2.17. The molecule has 0 heterocycles. The van der Waals surface area contributed by atoms with Gasteiger partial charge in [-0.25, -0.2) is 0 Å². The van der Waals surface area contributed by atoms with E-state index in [1.165, 1.54) is 19.2 Å². The third-order valence-electron chi connectivity index (χ3n) is 1.81. The van der Waals surface area contributed by atoms with Gasteiger partial charge in [-0.1, -0.05) is 12.1 Å². The largest absolute Gasteiger partial charge is 0.573 e. The van der Waals surface area contributed by atoms with E-state index in [2.05, 4.69) is 9.47 Å². The Morgan fingerprint density at radius 1 is 1.29 bits per heavy atom. The van der Waals surface area contributed by atoms with Gasteiger partial charge in [-0.2, -0.15) is 0 Å². The molecule has 0 radical (unpaired) electrons. The number of hydrogen-bond donors (Lipinski definition) is 0. The van der Waals surface area contributed by atoms with Crippen molar-refractivity contribution in [3.63, 3.8) is 0 Å². The van der Waals surface area contributed by atoms with Gasteiger partial charge in [-0.05, 0) is 17.7 Å². The second-order valence-corrected chi connectivity index (χ2v) is 3.44. The molecule has 1 aromatic carbocycles. The molecule has 0 bridgehead atoms. The molecular weight excluding hydrogens is 261 g/mol. The first-order chi connectivity index (χ1) is 7.83. The minimum absolute atomic E-state index is 0.327. The van der Waals surface area contributed by atoms with E-state index >= 15 is 0 Å². The Bertz CT molecular complexity index is 389. The lowest BCUT2D eigenvalue weighted by molar-refractivity contribution is -0.274. The van der Waals surface area contributed by atoms with Crippen molar-refractivity contribution < 1.29 is 27.4 Å². The standard InChI is InChI=1S/C10H8ClF3O3/c1-16-9(15)8(11)6-2-4-7(5-3-6)17-10(12,13)14/h2-5,8H,1H3. The van der Waals surface area contributed by atoms with Crippen LogP contribution < -0.4 is 4.74 Å². The Hall–Kier alpha value is -1.43. The fourth-order valence-corrected chi connectivity index (χ4v) is 1.31. The quantitative estimate of drug-likeness (QED) is 0.624. The van der Waals surface area contributed by atoms with Crippen LogP contribution in [0.2, 0.25) is 0 Å². The second kappa shape index (κ2) is 5.27. The molecule has 0 aromatic heterocycles. The summed E-state index contributed by atoms with van der Waals surface area (Å²) in [5.41, 5.74) is 0.327. The maximum Gasteiger partial charge on any atom is 0.573 e. The Kier molecular flexibility index (Phi) is 4.22. The van der Waals surface area contributed by atoms with Gasteiger partial charge in [0, 0.05) is 0 Å². The van der Waals surface area contributed by atoms with Gasteiger partial charge in [-0.3, -0.25) is 4.79 Å². The predicted molar refractivity (Wildman–Crippen MR) is 53.7 cm³/mol. The van der Waals surface area contributed by atoms with Gasteiger partial charge in [0.2, 0.25) is 0 Å². The summed E-state index contributed by atoms with van der Waals surface area (Å²) in [5.74, 6) is -1.06. The van der Waals surface area contributed by atoms with E-state index in [4.69, 9.17) is 11.6 Å². The molecule has 1 aromatic rings. The number of ether oxygens (including phenoxy) is 2. The third-order valence-corrected chi connectivity index (χ3v) is 2.24. The van der Waals surface area contributed by atoms with Gasteiger partial charge in [0.05, 0.1) is 7.11 Å². The van der Waals surface area contributed by atoms with Crippen molar-refractivity contribution in [1.29, 1.82) is 0 Å². The molecule has 17 heavy (non-hydrogen) atoms. The maximum atomic E-state index is 11.9. The van der Waals surface area contributed by atoms with Crippen molar-refractivity contribution in [2.75, 3.05) is 7.11 Å². The van der Waals surface area contributed by atoms with Crippen LogP contribution in [0.3, 0.4) is 0 Å². The van der Waals surface area contributed by atoms with Crippen LogP contribution >= 0.6 is 11.6 Å². The van der Waals surface area contributed by atoms with E-state index in [1.807, 2.05) is 0 Å². The van der Waals surface area contributed by atoms with Crippen LogP contribution in [0.4, 0.5) is 13.2 Å². The van der Waals surface area contributed by atoms with Crippen LogP contribution in [0.5, 0.6) is 5.75 Å². The molecule has 0 amide bonds. The first kappa shape index (κ1) is 13.6. The number of hydrogen-bond acceptors (Lipinski definition) is 3. The Morgan fingerprint density at radius 2 is 1.82 bits per heavy atom. The third kappa shape index (κ3) is 4.14. The zero-order valence-electron chi connectivity index (χ0n) is 8.62.